The monoisotopic (exact) mass is 311 g/mol. The molecule has 122 valence electrons. The summed E-state index contributed by atoms with van der Waals surface area (Å²) in [7, 11) is 0. The van der Waals surface area contributed by atoms with Crippen LogP contribution in [-0.4, -0.2) is 35.3 Å². The Balaban J connectivity index is 1.51. The molecule has 0 radical (unpaired) electrons. The third kappa shape index (κ3) is 5.08. The summed E-state index contributed by atoms with van der Waals surface area (Å²) in [4.78, 5) is 2.38. The van der Waals surface area contributed by atoms with Gasteiger partial charge in [0.15, 0.2) is 0 Å². The highest BCUT2D eigenvalue weighted by molar-refractivity contribution is 5.22. The molecule has 1 atom stereocenters. The number of aliphatic hydroxyl groups excluding tert-OH is 1. The SMILES string of the molecule is Cc1ccc(CN(CC(O)COc2ccccc2)C2CC2)cc1. The second-order valence-electron chi connectivity index (χ2n) is 6.42. The van der Waals surface area contributed by atoms with Crippen LogP contribution in [-0.2, 0) is 6.54 Å². The molecule has 0 spiro atoms. The summed E-state index contributed by atoms with van der Waals surface area (Å²) in [6, 6.07) is 18.9. The van der Waals surface area contributed by atoms with Crippen molar-refractivity contribution in [1.82, 2.24) is 4.90 Å². The van der Waals surface area contributed by atoms with Crippen LogP contribution in [0.1, 0.15) is 24.0 Å². The molecule has 0 amide bonds. The predicted octanol–water partition coefficient (Wildman–Crippen LogP) is 3.40. The third-order valence-corrected chi connectivity index (χ3v) is 4.20. The lowest BCUT2D eigenvalue weighted by Gasteiger charge is -2.25. The van der Waals surface area contributed by atoms with Crippen molar-refractivity contribution in [2.75, 3.05) is 13.2 Å². The molecule has 1 N–H and O–H groups in total. The van der Waals surface area contributed by atoms with Crippen LogP contribution in [0.25, 0.3) is 0 Å². The first-order valence-corrected chi connectivity index (χ1v) is 8.36. The Bertz CT molecular complexity index is 593. The zero-order valence-corrected chi connectivity index (χ0v) is 13.7. The van der Waals surface area contributed by atoms with E-state index in [0.717, 1.165) is 12.3 Å². The number of benzene rings is 2. The van der Waals surface area contributed by atoms with E-state index in [-0.39, 0.29) is 0 Å². The Morgan fingerprint density at radius 1 is 1.09 bits per heavy atom. The Hall–Kier alpha value is -1.84. The van der Waals surface area contributed by atoms with Gasteiger partial charge in [-0.25, -0.2) is 0 Å². The smallest absolute Gasteiger partial charge is 0.119 e. The molecule has 2 aromatic carbocycles. The van der Waals surface area contributed by atoms with Crippen LogP contribution in [0.2, 0.25) is 0 Å². The van der Waals surface area contributed by atoms with Gasteiger partial charge in [-0.05, 0) is 37.5 Å². The molecule has 1 aliphatic rings. The quantitative estimate of drug-likeness (QED) is 0.811. The van der Waals surface area contributed by atoms with E-state index in [1.54, 1.807) is 0 Å². The predicted molar refractivity (Wildman–Crippen MR) is 92.6 cm³/mol. The molecule has 1 saturated carbocycles. The van der Waals surface area contributed by atoms with Gasteiger partial charge in [0.05, 0.1) is 0 Å². The summed E-state index contributed by atoms with van der Waals surface area (Å²) in [5.41, 5.74) is 2.58. The number of nitrogens with zero attached hydrogens (tertiary/aromatic N) is 1. The molecule has 23 heavy (non-hydrogen) atoms. The lowest BCUT2D eigenvalue weighted by atomic mass is 10.1. The number of hydrogen-bond acceptors (Lipinski definition) is 3. The molecule has 1 aliphatic carbocycles. The first-order valence-electron chi connectivity index (χ1n) is 8.36. The van der Waals surface area contributed by atoms with Crippen LogP contribution < -0.4 is 4.74 Å². The lowest BCUT2D eigenvalue weighted by Crippen LogP contribution is -2.36. The average molecular weight is 311 g/mol. The van der Waals surface area contributed by atoms with Crippen molar-refractivity contribution in [3.63, 3.8) is 0 Å². The van der Waals surface area contributed by atoms with Gasteiger partial charge in [-0.2, -0.15) is 0 Å². The minimum atomic E-state index is -0.471. The summed E-state index contributed by atoms with van der Waals surface area (Å²) in [5.74, 6) is 0.808. The zero-order valence-electron chi connectivity index (χ0n) is 13.7. The number of aryl methyl sites for hydroxylation is 1. The van der Waals surface area contributed by atoms with E-state index >= 15 is 0 Å². The first kappa shape index (κ1) is 16.0. The number of aliphatic hydroxyl groups is 1. The van der Waals surface area contributed by atoms with Gasteiger partial charge >= 0.3 is 0 Å². The van der Waals surface area contributed by atoms with Gasteiger partial charge in [0.1, 0.15) is 18.5 Å². The molecule has 2 aromatic rings. The zero-order chi connectivity index (χ0) is 16.1. The maximum absolute atomic E-state index is 10.3. The molecule has 3 rings (SSSR count). The second-order valence-corrected chi connectivity index (χ2v) is 6.42. The maximum Gasteiger partial charge on any atom is 0.119 e. The van der Waals surface area contributed by atoms with Crippen molar-refractivity contribution in [3.05, 3.63) is 65.7 Å². The third-order valence-electron chi connectivity index (χ3n) is 4.20. The second kappa shape index (κ2) is 7.62. The van der Waals surface area contributed by atoms with Gasteiger partial charge in [-0.1, -0.05) is 48.0 Å². The van der Waals surface area contributed by atoms with Crippen molar-refractivity contribution in [1.29, 1.82) is 0 Å². The Kier molecular flexibility index (Phi) is 5.31. The average Bonchev–Trinajstić information content (AvgIpc) is 3.40. The van der Waals surface area contributed by atoms with E-state index < -0.39 is 6.10 Å². The molecular weight excluding hydrogens is 286 g/mol. The maximum atomic E-state index is 10.3. The normalized spacial score (nSPS) is 15.6. The van der Waals surface area contributed by atoms with E-state index in [4.69, 9.17) is 4.74 Å². The van der Waals surface area contributed by atoms with Crippen LogP contribution in [0.15, 0.2) is 54.6 Å². The van der Waals surface area contributed by atoms with Crippen LogP contribution >= 0.6 is 0 Å². The van der Waals surface area contributed by atoms with Crippen molar-refractivity contribution >= 4 is 0 Å². The van der Waals surface area contributed by atoms with Gasteiger partial charge in [-0.15, -0.1) is 0 Å². The molecule has 1 fully saturated rings. The molecule has 0 heterocycles. The molecule has 3 nitrogen and oxygen atoms in total. The number of rotatable bonds is 8. The fraction of sp³-hybridized carbons (Fsp3) is 0.400. The van der Waals surface area contributed by atoms with Gasteiger partial charge in [0.2, 0.25) is 0 Å². The van der Waals surface area contributed by atoms with Crippen LogP contribution in [0.5, 0.6) is 5.75 Å². The number of ether oxygens (including phenoxy) is 1. The highest BCUT2D eigenvalue weighted by Gasteiger charge is 2.30. The van der Waals surface area contributed by atoms with E-state index in [1.165, 1.54) is 24.0 Å². The Labute approximate surface area is 138 Å². The highest BCUT2D eigenvalue weighted by atomic mass is 16.5. The standard InChI is InChI=1S/C20H25NO2/c1-16-7-9-17(10-8-16)13-21(18-11-12-18)14-19(22)15-23-20-5-3-2-4-6-20/h2-10,18-19,22H,11-15H2,1H3. The lowest BCUT2D eigenvalue weighted by molar-refractivity contribution is 0.0626. The summed E-state index contributed by atoms with van der Waals surface area (Å²) in [6.07, 6.45) is 2.00. The molecule has 1 unspecified atom stereocenters. The van der Waals surface area contributed by atoms with Gasteiger partial charge in [-0.3, -0.25) is 4.90 Å². The number of para-hydroxylation sites is 1. The molecule has 0 aliphatic heterocycles. The minimum absolute atomic E-state index is 0.334. The van der Waals surface area contributed by atoms with Crippen LogP contribution in [0.4, 0.5) is 0 Å². The summed E-state index contributed by atoms with van der Waals surface area (Å²) >= 11 is 0. The number of hydrogen-bond donors (Lipinski definition) is 1. The van der Waals surface area contributed by atoms with E-state index in [2.05, 4.69) is 36.1 Å². The molecular formula is C20H25NO2. The van der Waals surface area contributed by atoms with Crippen molar-refractivity contribution in [2.45, 2.75) is 38.5 Å². The van der Waals surface area contributed by atoms with E-state index in [9.17, 15) is 5.11 Å². The van der Waals surface area contributed by atoms with Gasteiger partial charge < -0.3 is 9.84 Å². The summed E-state index contributed by atoms with van der Waals surface area (Å²) < 4.78 is 5.66. The van der Waals surface area contributed by atoms with Crippen LogP contribution in [0, 0.1) is 6.92 Å². The van der Waals surface area contributed by atoms with Crippen LogP contribution in [0.3, 0.4) is 0 Å². The Morgan fingerprint density at radius 2 is 1.78 bits per heavy atom. The largest absolute Gasteiger partial charge is 0.491 e. The van der Waals surface area contributed by atoms with Crippen molar-refractivity contribution in [2.24, 2.45) is 0 Å². The van der Waals surface area contributed by atoms with Crippen molar-refractivity contribution < 1.29 is 9.84 Å². The topological polar surface area (TPSA) is 32.7 Å². The summed E-state index contributed by atoms with van der Waals surface area (Å²) in [5, 5.41) is 10.3. The highest BCUT2D eigenvalue weighted by Crippen LogP contribution is 2.28. The minimum Gasteiger partial charge on any atom is -0.491 e. The molecule has 0 bridgehead atoms. The Morgan fingerprint density at radius 3 is 2.43 bits per heavy atom. The molecule has 0 saturated heterocycles. The van der Waals surface area contributed by atoms with E-state index in [0.29, 0.717) is 19.2 Å². The summed E-state index contributed by atoms with van der Waals surface area (Å²) in [6.45, 7) is 3.99. The molecule has 3 heteroatoms. The fourth-order valence-electron chi connectivity index (χ4n) is 2.74. The van der Waals surface area contributed by atoms with Gasteiger partial charge in [0, 0.05) is 19.1 Å². The van der Waals surface area contributed by atoms with Crippen molar-refractivity contribution in [3.8, 4) is 5.75 Å². The molecule has 0 aromatic heterocycles. The van der Waals surface area contributed by atoms with E-state index in [1.807, 2.05) is 30.3 Å². The fourth-order valence-corrected chi connectivity index (χ4v) is 2.74. The first-order chi connectivity index (χ1) is 11.2. The van der Waals surface area contributed by atoms with Gasteiger partial charge in [0.25, 0.3) is 0 Å².